The summed E-state index contributed by atoms with van der Waals surface area (Å²) in [6.07, 6.45) is 0. The minimum atomic E-state index is -4.31. The highest BCUT2D eigenvalue weighted by Gasteiger charge is 2.40. The lowest BCUT2D eigenvalue weighted by Crippen LogP contribution is -2.37. The van der Waals surface area contributed by atoms with Crippen LogP contribution in [0.3, 0.4) is 0 Å². The molecule has 5 rings (SSSR count). The summed E-state index contributed by atoms with van der Waals surface area (Å²) in [6.45, 7) is 1.83. The zero-order valence-electron chi connectivity index (χ0n) is 16.0. The molecule has 0 amide bonds. The largest absolute Gasteiger partial charge is 0.329 e. The highest BCUT2D eigenvalue weighted by atomic mass is 32.3. The Hall–Kier alpha value is -3.27. The van der Waals surface area contributed by atoms with E-state index in [0.717, 1.165) is 0 Å². The van der Waals surface area contributed by atoms with E-state index in [-0.39, 0.29) is 27.7 Å². The van der Waals surface area contributed by atoms with E-state index in [0.29, 0.717) is 22.2 Å². The van der Waals surface area contributed by atoms with Gasteiger partial charge < -0.3 is 5.73 Å². The molecule has 2 aromatic carbocycles. The van der Waals surface area contributed by atoms with Crippen molar-refractivity contribution in [3.8, 4) is 22.5 Å². The number of sulfonamides is 1. The number of hydrogen-bond donors (Lipinski definition) is 4. The molecule has 15 heteroatoms. The molecule has 4 aromatic rings. The Balaban J connectivity index is 1.86. The van der Waals surface area contributed by atoms with Crippen molar-refractivity contribution >= 4 is 31.0 Å². The standard InChI is InChI=1S/C16H16N10O3S2/c1-8(7-17)22-30(27)12-6-5-9(10-3-2-4-11-14(10)19-23-18-11)13(16-20-24-25-21-16)15(12)31(28,29)26-30/h2-6,8H,7,17H2,1H3,(H,18,19,23)(H,22,26,27)(H,20,21,24,25)/t8-,30?/m1/s1. The molecule has 0 radical (unpaired) electrons. The Morgan fingerprint density at radius 1 is 1.10 bits per heavy atom. The van der Waals surface area contributed by atoms with Crippen LogP contribution in [-0.4, -0.2) is 61.2 Å². The fourth-order valence-corrected chi connectivity index (χ4v) is 8.17. The number of aromatic nitrogens is 7. The number of fused-ring (bicyclic) bond motifs is 2. The van der Waals surface area contributed by atoms with Crippen molar-refractivity contribution in [1.29, 1.82) is 0 Å². The third-order valence-corrected chi connectivity index (χ3v) is 9.16. The van der Waals surface area contributed by atoms with E-state index in [1.807, 2.05) is 0 Å². The Kier molecular flexibility index (Phi) is 4.37. The van der Waals surface area contributed by atoms with Crippen molar-refractivity contribution in [2.75, 3.05) is 6.54 Å². The molecule has 0 fully saturated rings. The van der Waals surface area contributed by atoms with E-state index in [9.17, 15) is 12.6 Å². The van der Waals surface area contributed by atoms with Crippen molar-refractivity contribution in [3.63, 3.8) is 0 Å². The van der Waals surface area contributed by atoms with Crippen molar-refractivity contribution in [2.45, 2.75) is 22.8 Å². The van der Waals surface area contributed by atoms with Crippen LogP contribution in [0.2, 0.25) is 0 Å². The molecule has 0 aliphatic carbocycles. The minimum absolute atomic E-state index is 0.0154. The maximum absolute atomic E-state index is 13.5. The molecule has 0 saturated heterocycles. The number of H-pyrrole nitrogens is 2. The first-order valence-corrected chi connectivity index (χ1v) is 12.0. The molecule has 13 nitrogen and oxygen atoms in total. The van der Waals surface area contributed by atoms with E-state index in [1.54, 1.807) is 31.2 Å². The lowest BCUT2D eigenvalue weighted by Gasteiger charge is -2.15. The SMILES string of the molecule is C[C@H](CN)NS1(=O)=NS(=O)(=O)c2c1ccc(-c1cccc3[nH]nnc13)c2-c1nn[nH]n1. The van der Waals surface area contributed by atoms with Gasteiger partial charge in [0.05, 0.1) is 16.0 Å². The fraction of sp³-hybridized carbons (Fsp3) is 0.188. The van der Waals surface area contributed by atoms with E-state index in [1.165, 1.54) is 6.07 Å². The summed E-state index contributed by atoms with van der Waals surface area (Å²) < 4.78 is 46.2. The summed E-state index contributed by atoms with van der Waals surface area (Å²) in [5, 5.41) is 24.5. The average Bonchev–Trinajstić information content (AvgIpc) is 3.46. The predicted octanol–water partition coefficient (Wildman–Crippen LogP) is 0.186. The first kappa shape index (κ1) is 19.7. The lowest BCUT2D eigenvalue weighted by atomic mass is 9.98. The molecule has 160 valence electrons. The molecule has 0 bridgehead atoms. The van der Waals surface area contributed by atoms with Gasteiger partial charge in [-0.3, -0.25) is 5.10 Å². The number of nitrogens with two attached hydrogens (primary N) is 1. The Morgan fingerprint density at radius 2 is 1.94 bits per heavy atom. The summed E-state index contributed by atoms with van der Waals surface area (Å²) in [5.74, 6) is 0.0154. The van der Waals surface area contributed by atoms with Crippen LogP contribution in [0.15, 0.2) is 43.9 Å². The molecule has 5 N–H and O–H groups in total. The number of hydrogen-bond acceptors (Lipinski definition) is 9. The highest BCUT2D eigenvalue weighted by molar-refractivity contribution is 8.05. The van der Waals surface area contributed by atoms with Gasteiger partial charge in [0.15, 0.2) is 9.92 Å². The molecule has 2 aromatic heterocycles. The zero-order valence-corrected chi connectivity index (χ0v) is 17.6. The summed E-state index contributed by atoms with van der Waals surface area (Å²) in [7, 11) is -7.80. The van der Waals surface area contributed by atoms with E-state index in [4.69, 9.17) is 5.73 Å². The molecule has 0 saturated carbocycles. The third kappa shape index (κ3) is 3.01. The molecule has 1 aliphatic heterocycles. The second kappa shape index (κ2) is 6.88. The first-order valence-electron chi connectivity index (χ1n) is 9.06. The van der Waals surface area contributed by atoms with Crippen molar-refractivity contribution in [1.82, 2.24) is 40.8 Å². The van der Waals surface area contributed by atoms with Crippen LogP contribution in [0.1, 0.15) is 6.92 Å². The number of aromatic amines is 2. The monoisotopic (exact) mass is 460 g/mol. The van der Waals surface area contributed by atoms with Gasteiger partial charge in [0, 0.05) is 18.2 Å². The van der Waals surface area contributed by atoms with Gasteiger partial charge in [-0.05, 0) is 29.8 Å². The molecule has 31 heavy (non-hydrogen) atoms. The van der Waals surface area contributed by atoms with Gasteiger partial charge in [-0.1, -0.05) is 27.2 Å². The van der Waals surface area contributed by atoms with Crippen LogP contribution in [0.4, 0.5) is 0 Å². The van der Waals surface area contributed by atoms with Gasteiger partial charge in [-0.25, -0.2) is 8.93 Å². The number of tetrazole rings is 1. The van der Waals surface area contributed by atoms with E-state index in [2.05, 4.69) is 44.5 Å². The fourth-order valence-electron chi connectivity index (χ4n) is 3.46. The summed E-state index contributed by atoms with van der Waals surface area (Å²) in [4.78, 5) is -0.225. The average molecular weight is 461 g/mol. The number of nitrogens with zero attached hydrogens (tertiary/aromatic N) is 6. The molecule has 1 unspecified atom stereocenters. The van der Waals surface area contributed by atoms with Gasteiger partial charge >= 0.3 is 0 Å². The van der Waals surface area contributed by atoms with Crippen LogP contribution in [0.25, 0.3) is 33.5 Å². The topological polar surface area (TPSA) is 198 Å². The van der Waals surface area contributed by atoms with Crippen molar-refractivity contribution < 1.29 is 12.6 Å². The number of benzene rings is 2. The molecule has 3 heterocycles. The van der Waals surface area contributed by atoms with E-state index < -0.39 is 26.0 Å². The third-order valence-electron chi connectivity index (χ3n) is 4.81. The highest BCUT2D eigenvalue weighted by Crippen LogP contribution is 2.44. The number of nitrogens with one attached hydrogen (secondary N) is 3. The zero-order chi connectivity index (χ0) is 21.8. The maximum atomic E-state index is 13.5. The van der Waals surface area contributed by atoms with Crippen LogP contribution in [-0.2, 0) is 19.9 Å². The molecular formula is C16H16N10O3S2. The van der Waals surface area contributed by atoms with Crippen LogP contribution in [0, 0.1) is 0 Å². The van der Waals surface area contributed by atoms with Gasteiger partial charge in [-0.15, -0.1) is 15.3 Å². The quantitative estimate of drug-likeness (QED) is 0.321. The molecule has 0 spiro atoms. The Labute approximate surface area is 176 Å². The summed E-state index contributed by atoms with van der Waals surface area (Å²) >= 11 is 0. The lowest BCUT2D eigenvalue weighted by molar-refractivity contribution is 0.598. The van der Waals surface area contributed by atoms with Crippen LogP contribution >= 0.6 is 0 Å². The van der Waals surface area contributed by atoms with Crippen molar-refractivity contribution in [2.24, 2.45) is 9.50 Å². The summed E-state index contributed by atoms with van der Waals surface area (Å²) in [5.41, 5.74) is 7.97. The van der Waals surface area contributed by atoms with Crippen LogP contribution in [0.5, 0.6) is 0 Å². The van der Waals surface area contributed by atoms with Gasteiger partial charge in [0.1, 0.15) is 10.4 Å². The van der Waals surface area contributed by atoms with Crippen LogP contribution < -0.4 is 10.5 Å². The molecular weight excluding hydrogens is 444 g/mol. The smallest absolute Gasteiger partial charge is 0.293 e. The normalized spacial score (nSPS) is 20.5. The summed E-state index contributed by atoms with van der Waals surface area (Å²) in [6, 6.07) is 8.00. The molecule has 1 aliphatic rings. The maximum Gasteiger partial charge on any atom is 0.293 e. The van der Waals surface area contributed by atoms with Crippen molar-refractivity contribution in [3.05, 3.63) is 30.3 Å². The Morgan fingerprint density at radius 3 is 2.68 bits per heavy atom. The van der Waals surface area contributed by atoms with Gasteiger partial charge in [0.25, 0.3) is 10.0 Å². The van der Waals surface area contributed by atoms with Gasteiger partial charge in [-0.2, -0.15) is 13.6 Å². The Bertz CT molecular complexity index is 1540. The van der Waals surface area contributed by atoms with E-state index >= 15 is 0 Å². The first-order chi connectivity index (χ1) is 14.8. The number of rotatable bonds is 5. The predicted molar refractivity (Wildman–Crippen MR) is 110 cm³/mol. The molecule has 2 atom stereocenters. The second-order valence-corrected chi connectivity index (χ2v) is 10.6. The second-order valence-electron chi connectivity index (χ2n) is 6.89. The minimum Gasteiger partial charge on any atom is -0.329 e. The van der Waals surface area contributed by atoms with Gasteiger partial charge in [0.2, 0.25) is 5.82 Å².